The summed E-state index contributed by atoms with van der Waals surface area (Å²) in [5, 5.41) is 14.2. The number of fused-ring (bicyclic) bond motifs is 1. The second-order valence-corrected chi connectivity index (χ2v) is 5.79. The summed E-state index contributed by atoms with van der Waals surface area (Å²) >= 11 is 0. The first kappa shape index (κ1) is 12.6. The molecule has 1 heterocycles. The summed E-state index contributed by atoms with van der Waals surface area (Å²) in [7, 11) is 0. The number of benzene rings is 1. The lowest BCUT2D eigenvalue weighted by atomic mass is 9.80. The smallest absolute Gasteiger partial charge is 0.0816 e. The van der Waals surface area contributed by atoms with Crippen LogP contribution in [0.2, 0.25) is 0 Å². The van der Waals surface area contributed by atoms with Crippen LogP contribution in [-0.2, 0) is 6.42 Å². The molecule has 2 rings (SSSR count). The van der Waals surface area contributed by atoms with Crippen molar-refractivity contribution in [3.63, 3.8) is 0 Å². The molecule has 0 spiro atoms. The molecule has 2 heteroatoms. The lowest BCUT2D eigenvalue weighted by Crippen LogP contribution is -2.45. The van der Waals surface area contributed by atoms with Crippen molar-refractivity contribution in [2.45, 2.75) is 45.3 Å². The Morgan fingerprint density at radius 3 is 2.82 bits per heavy atom. The molecule has 1 aromatic carbocycles. The third-order valence-electron chi connectivity index (χ3n) is 3.55. The van der Waals surface area contributed by atoms with E-state index in [0.717, 1.165) is 19.4 Å². The number of aliphatic hydroxyl groups is 1. The molecule has 2 N–H and O–H groups in total. The van der Waals surface area contributed by atoms with Crippen LogP contribution in [0.3, 0.4) is 0 Å². The first-order valence-electron chi connectivity index (χ1n) is 6.54. The van der Waals surface area contributed by atoms with Crippen molar-refractivity contribution in [1.82, 2.24) is 5.32 Å². The highest BCUT2D eigenvalue weighted by Gasteiger charge is 2.36. The van der Waals surface area contributed by atoms with E-state index in [1.807, 2.05) is 6.92 Å². The number of hydrogen-bond donors (Lipinski definition) is 2. The molecule has 0 fully saturated rings. The van der Waals surface area contributed by atoms with E-state index in [1.54, 1.807) is 0 Å². The van der Waals surface area contributed by atoms with Crippen LogP contribution in [0.5, 0.6) is 0 Å². The summed E-state index contributed by atoms with van der Waals surface area (Å²) in [4.78, 5) is 0. The van der Waals surface area contributed by atoms with Gasteiger partial charge in [-0.2, -0.15) is 0 Å². The molecule has 0 aliphatic carbocycles. The molecule has 0 radical (unpaired) electrons. The molecular formula is C15H23NO. The Hall–Kier alpha value is -0.860. The zero-order valence-electron chi connectivity index (χ0n) is 11.0. The van der Waals surface area contributed by atoms with E-state index in [0.29, 0.717) is 5.92 Å². The van der Waals surface area contributed by atoms with Gasteiger partial charge in [-0.3, -0.25) is 0 Å². The largest absolute Gasteiger partial charge is 0.388 e. The van der Waals surface area contributed by atoms with Crippen molar-refractivity contribution in [2.24, 2.45) is 5.92 Å². The summed E-state index contributed by atoms with van der Waals surface area (Å²) in [5.74, 6) is 0.501. The molecule has 0 saturated carbocycles. The van der Waals surface area contributed by atoms with E-state index >= 15 is 0 Å². The van der Waals surface area contributed by atoms with Crippen LogP contribution < -0.4 is 5.32 Å². The van der Waals surface area contributed by atoms with Crippen LogP contribution in [0.4, 0.5) is 0 Å². The minimum absolute atomic E-state index is 0.0647. The van der Waals surface area contributed by atoms with Crippen molar-refractivity contribution < 1.29 is 5.11 Å². The second-order valence-electron chi connectivity index (χ2n) is 5.79. The third-order valence-corrected chi connectivity index (χ3v) is 3.55. The molecule has 1 aliphatic rings. The van der Waals surface area contributed by atoms with Gasteiger partial charge in [0.2, 0.25) is 0 Å². The fraction of sp³-hybridized carbons (Fsp3) is 0.600. The van der Waals surface area contributed by atoms with Crippen molar-refractivity contribution in [1.29, 1.82) is 0 Å². The first-order chi connectivity index (χ1) is 8.00. The summed E-state index contributed by atoms with van der Waals surface area (Å²) in [6.45, 7) is 7.22. The summed E-state index contributed by atoms with van der Waals surface area (Å²) in [6, 6.07) is 8.52. The highest BCUT2D eigenvalue weighted by Crippen LogP contribution is 2.35. The summed E-state index contributed by atoms with van der Waals surface area (Å²) in [6.07, 6.45) is 1.88. The molecule has 1 aliphatic heterocycles. The van der Waals surface area contributed by atoms with Crippen molar-refractivity contribution in [3.05, 3.63) is 35.4 Å². The highest BCUT2D eigenvalue weighted by molar-refractivity contribution is 5.34. The maximum absolute atomic E-state index is 10.7. The van der Waals surface area contributed by atoms with Gasteiger partial charge in [-0.25, -0.2) is 0 Å². The van der Waals surface area contributed by atoms with Crippen LogP contribution in [0.1, 0.15) is 44.4 Å². The van der Waals surface area contributed by atoms with E-state index in [2.05, 4.69) is 43.4 Å². The Balaban J connectivity index is 2.29. The second kappa shape index (κ2) is 4.79. The van der Waals surface area contributed by atoms with Crippen LogP contribution in [-0.4, -0.2) is 17.3 Å². The SMILES string of the molecule is CC(C)CC(C)(O)C1NCCc2ccccc21. The zero-order chi connectivity index (χ0) is 12.5. The van der Waals surface area contributed by atoms with Crippen LogP contribution in [0, 0.1) is 5.92 Å². The van der Waals surface area contributed by atoms with Gasteiger partial charge in [-0.1, -0.05) is 38.1 Å². The first-order valence-corrected chi connectivity index (χ1v) is 6.54. The molecule has 0 aromatic heterocycles. The maximum Gasteiger partial charge on any atom is 0.0816 e. The minimum Gasteiger partial charge on any atom is -0.388 e. The average Bonchev–Trinajstić information content (AvgIpc) is 2.26. The average molecular weight is 233 g/mol. The standard InChI is InChI=1S/C15H23NO/c1-11(2)10-15(3,17)14-13-7-5-4-6-12(13)8-9-16-14/h4-7,11,14,16-17H,8-10H2,1-3H3. The van der Waals surface area contributed by atoms with Crippen LogP contribution in [0.25, 0.3) is 0 Å². The van der Waals surface area contributed by atoms with Gasteiger partial charge in [0.25, 0.3) is 0 Å². The van der Waals surface area contributed by atoms with Crippen molar-refractivity contribution in [2.75, 3.05) is 6.54 Å². The summed E-state index contributed by atoms with van der Waals surface area (Å²) < 4.78 is 0. The normalized spacial score (nSPS) is 23.2. The Morgan fingerprint density at radius 1 is 1.41 bits per heavy atom. The van der Waals surface area contributed by atoms with E-state index in [-0.39, 0.29) is 6.04 Å². The summed E-state index contributed by atoms with van der Waals surface area (Å²) in [5.41, 5.74) is 1.97. The molecule has 94 valence electrons. The molecule has 2 atom stereocenters. The topological polar surface area (TPSA) is 32.3 Å². The Bertz CT molecular complexity index is 384. The fourth-order valence-corrected chi connectivity index (χ4v) is 3.00. The van der Waals surface area contributed by atoms with E-state index < -0.39 is 5.60 Å². The van der Waals surface area contributed by atoms with E-state index in [4.69, 9.17) is 0 Å². The molecule has 1 aromatic rings. The van der Waals surface area contributed by atoms with Gasteiger partial charge in [0.15, 0.2) is 0 Å². The van der Waals surface area contributed by atoms with E-state index in [9.17, 15) is 5.11 Å². The predicted octanol–water partition coefficient (Wildman–Crippen LogP) is 2.67. The van der Waals surface area contributed by atoms with Gasteiger partial charge in [-0.05, 0) is 43.4 Å². The Kier molecular flexibility index (Phi) is 3.55. The van der Waals surface area contributed by atoms with Crippen molar-refractivity contribution >= 4 is 0 Å². The molecule has 0 saturated heterocycles. The van der Waals surface area contributed by atoms with Crippen LogP contribution in [0.15, 0.2) is 24.3 Å². The lowest BCUT2D eigenvalue weighted by Gasteiger charge is -2.39. The Morgan fingerprint density at radius 2 is 2.12 bits per heavy atom. The Labute approximate surface area is 104 Å². The molecule has 17 heavy (non-hydrogen) atoms. The number of hydrogen-bond acceptors (Lipinski definition) is 2. The minimum atomic E-state index is -0.676. The highest BCUT2D eigenvalue weighted by atomic mass is 16.3. The molecule has 0 amide bonds. The third kappa shape index (κ3) is 2.70. The van der Waals surface area contributed by atoms with Crippen LogP contribution >= 0.6 is 0 Å². The zero-order valence-corrected chi connectivity index (χ0v) is 11.0. The monoisotopic (exact) mass is 233 g/mol. The maximum atomic E-state index is 10.7. The quantitative estimate of drug-likeness (QED) is 0.841. The fourth-order valence-electron chi connectivity index (χ4n) is 3.00. The van der Waals surface area contributed by atoms with E-state index in [1.165, 1.54) is 11.1 Å². The lowest BCUT2D eigenvalue weighted by molar-refractivity contribution is -0.00238. The molecule has 2 nitrogen and oxygen atoms in total. The number of nitrogens with one attached hydrogen (secondary N) is 1. The van der Waals surface area contributed by atoms with Gasteiger partial charge >= 0.3 is 0 Å². The molecule has 2 unspecified atom stereocenters. The van der Waals surface area contributed by atoms with Gasteiger partial charge in [0.05, 0.1) is 11.6 Å². The van der Waals surface area contributed by atoms with Gasteiger partial charge in [-0.15, -0.1) is 0 Å². The van der Waals surface area contributed by atoms with Gasteiger partial charge < -0.3 is 10.4 Å². The van der Waals surface area contributed by atoms with Gasteiger partial charge in [0.1, 0.15) is 0 Å². The van der Waals surface area contributed by atoms with Gasteiger partial charge in [0, 0.05) is 0 Å². The number of rotatable bonds is 3. The van der Waals surface area contributed by atoms with Crippen molar-refractivity contribution in [3.8, 4) is 0 Å². The molecule has 0 bridgehead atoms. The molecular weight excluding hydrogens is 210 g/mol. The predicted molar refractivity (Wildman–Crippen MR) is 71.0 cm³/mol.